The highest BCUT2D eigenvalue weighted by Crippen LogP contribution is 2.24. The number of hydrogen-bond acceptors (Lipinski definition) is 4. The quantitative estimate of drug-likeness (QED) is 0.412. The van der Waals surface area contributed by atoms with Gasteiger partial charge in [0.05, 0.1) is 6.61 Å². The number of carbonyl (C=O) groups is 1. The lowest BCUT2D eigenvalue weighted by atomic mass is 9.97. The van der Waals surface area contributed by atoms with Crippen LogP contribution in [0.3, 0.4) is 0 Å². The molecule has 0 saturated carbocycles. The molecule has 0 aliphatic carbocycles. The molecule has 0 heterocycles. The highest BCUT2D eigenvalue weighted by atomic mass is 32.1. The molecule has 0 aliphatic heterocycles. The molecule has 2 rings (SSSR count). The molecule has 148 valence electrons. The summed E-state index contributed by atoms with van der Waals surface area (Å²) in [5.41, 5.74) is 4.62. The van der Waals surface area contributed by atoms with E-state index in [1.807, 2.05) is 56.4 Å². The zero-order chi connectivity index (χ0) is 20.7. The largest absolute Gasteiger partial charge is 0.383 e. The summed E-state index contributed by atoms with van der Waals surface area (Å²) < 4.78 is 5.11. The third-order valence-corrected chi connectivity index (χ3v) is 4.55. The minimum Gasteiger partial charge on any atom is -0.383 e. The Balaban J connectivity index is 2.44. The van der Waals surface area contributed by atoms with Crippen LogP contribution in [0, 0.1) is 6.92 Å². The molecule has 1 amide bonds. The first-order valence-corrected chi connectivity index (χ1v) is 9.62. The van der Waals surface area contributed by atoms with Crippen molar-refractivity contribution in [3.63, 3.8) is 0 Å². The van der Waals surface area contributed by atoms with Crippen LogP contribution >= 0.6 is 12.2 Å². The van der Waals surface area contributed by atoms with Crippen LogP contribution in [-0.4, -0.2) is 49.5 Å². The van der Waals surface area contributed by atoms with Crippen molar-refractivity contribution < 1.29 is 9.53 Å². The minimum absolute atomic E-state index is 0.0791. The summed E-state index contributed by atoms with van der Waals surface area (Å²) in [5, 5.41) is 2.97. The highest BCUT2D eigenvalue weighted by Gasteiger charge is 2.14. The fourth-order valence-corrected chi connectivity index (χ4v) is 2.90. The number of nitrogens with one attached hydrogen (secondary N) is 1. The molecule has 2 aromatic carbocycles. The first-order valence-electron chi connectivity index (χ1n) is 9.21. The lowest BCUT2D eigenvalue weighted by Crippen LogP contribution is -2.35. The number of aryl methyl sites for hydroxylation is 1. The maximum atomic E-state index is 12.8. The van der Waals surface area contributed by atoms with Crippen molar-refractivity contribution in [2.75, 3.05) is 27.8 Å². The van der Waals surface area contributed by atoms with Crippen LogP contribution in [0.4, 0.5) is 0 Å². The Bertz CT molecular complexity index is 857. The topological polar surface area (TPSA) is 41.6 Å². The fraction of sp³-hybridized carbons (Fsp3) is 0.304. The van der Waals surface area contributed by atoms with E-state index in [-0.39, 0.29) is 11.9 Å². The van der Waals surface area contributed by atoms with Crippen molar-refractivity contribution in [2.24, 2.45) is 0 Å². The van der Waals surface area contributed by atoms with Crippen molar-refractivity contribution in [2.45, 2.75) is 19.9 Å². The number of nitrogens with zero attached hydrogens (tertiary/aromatic N) is 1. The fourth-order valence-electron chi connectivity index (χ4n) is 2.73. The van der Waals surface area contributed by atoms with E-state index in [0.717, 1.165) is 16.7 Å². The smallest absolute Gasteiger partial charge is 0.251 e. The van der Waals surface area contributed by atoms with Crippen LogP contribution in [0.25, 0.3) is 11.1 Å². The number of carbonyl (C=O) groups excluding carboxylic acids is 1. The van der Waals surface area contributed by atoms with Crippen LogP contribution in [-0.2, 0) is 4.74 Å². The predicted octanol–water partition coefficient (Wildman–Crippen LogP) is 4.22. The van der Waals surface area contributed by atoms with Crippen molar-refractivity contribution in [1.29, 1.82) is 0 Å². The minimum atomic E-state index is -0.140. The Morgan fingerprint density at radius 2 is 1.79 bits per heavy atom. The van der Waals surface area contributed by atoms with Crippen LogP contribution in [0.15, 0.2) is 54.7 Å². The molecule has 2 aromatic rings. The van der Waals surface area contributed by atoms with Gasteiger partial charge in [0.15, 0.2) is 0 Å². The zero-order valence-electron chi connectivity index (χ0n) is 17.2. The molecule has 0 radical (unpaired) electrons. The van der Waals surface area contributed by atoms with Gasteiger partial charge in [0, 0.05) is 37.7 Å². The van der Waals surface area contributed by atoms with E-state index in [4.69, 9.17) is 17.0 Å². The van der Waals surface area contributed by atoms with E-state index in [1.54, 1.807) is 7.11 Å². The van der Waals surface area contributed by atoms with Gasteiger partial charge in [-0.1, -0.05) is 42.0 Å². The van der Waals surface area contributed by atoms with E-state index in [0.29, 0.717) is 17.0 Å². The van der Waals surface area contributed by atoms with Crippen LogP contribution in [0.5, 0.6) is 0 Å². The molecule has 28 heavy (non-hydrogen) atoms. The van der Waals surface area contributed by atoms with Gasteiger partial charge in [0.25, 0.3) is 5.91 Å². The van der Waals surface area contributed by atoms with Crippen molar-refractivity contribution in [1.82, 2.24) is 10.2 Å². The average Bonchev–Trinajstić information content (AvgIpc) is 2.66. The van der Waals surface area contributed by atoms with Gasteiger partial charge >= 0.3 is 0 Å². The van der Waals surface area contributed by atoms with Gasteiger partial charge in [0.2, 0.25) is 0 Å². The van der Waals surface area contributed by atoms with Crippen molar-refractivity contribution in [3.8, 4) is 11.1 Å². The summed E-state index contributed by atoms with van der Waals surface area (Å²) in [4.78, 5) is 15.4. The highest BCUT2D eigenvalue weighted by molar-refractivity contribution is 7.81. The number of amides is 1. The van der Waals surface area contributed by atoms with E-state index < -0.39 is 0 Å². The van der Waals surface area contributed by atoms with E-state index in [1.165, 1.54) is 5.56 Å². The summed E-state index contributed by atoms with van der Waals surface area (Å²) in [5.74, 6) is -0.140. The van der Waals surface area contributed by atoms with Crippen LogP contribution < -0.4 is 5.32 Å². The third kappa shape index (κ3) is 6.29. The Morgan fingerprint density at radius 1 is 1.14 bits per heavy atom. The van der Waals surface area contributed by atoms with Gasteiger partial charge < -0.3 is 15.0 Å². The number of rotatable bonds is 8. The monoisotopic (exact) mass is 396 g/mol. The van der Waals surface area contributed by atoms with E-state index in [9.17, 15) is 4.79 Å². The van der Waals surface area contributed by atoms with Crippen LogP contribution in [0.2, 0.25) is 0 Å². The molecule has 0 spiro atoms. The predicted molar refractivity (Wildman–Crippen MR) is 120 cm³/mol. The summed E-state index contributed by atoms with van der Waals surface area (Å²) in [6.45, 7) is 4.42. The first kappa shape index (κ1) is 21.8. The van der Waals surface area contributed by atoms with Crippen LogP contribution in [0.1, 0.15) is 28.4 Å². The summed E-state index contributed by atoms with van der Waals surface area (Å²) in [6.07, 6.45) is 3.78. The maximum Gasteiger partial charge on any atom is 0.251 e. The Hall–Kier alpha value is -2.50. The second kappa shape index (κ2) is 10.2. The molecular formula is C23H28N2O2S. The SMILES string of the molecule is COCC(C)NC(=O)c1cc(C(=S)/C=C/N(C)C)cc(-c2ccc(C)cc2)c1. The molecule has 0 aliphatic rings. The third-order valence-electron chi connectivity index (χ3n) is 4.18. The Kier molecular flexibility index (Phi) is 7.91. The second-order valence-electron chi connectivity index (χ2n) is 7.14. The van der Waals surface area contributed by atoms with Gasteiger partial charge in [-0.15, -0.1) is 0 Å². The van der Waals surface area contributed by atoms with Gasteiger partial charge in [0.1, 0.15) is 0 Å². The standard InChI is InChI=1S/C23H28N2O2S/c1-16-6-8-18(9-7-16)19-12-20(22(28)10-11-25(3)4)14-21(13-19)23(26)24-17(2)15-27-5/h6-14,17H,15H2,1-5H3,(H,24,26)/b11-10+. The molecule has 0 bridgehead atoms. The summed E-state index contributed by atoms with van der Waals surface area (Å²) in [7, 11) is 5.50. The van der Waals surface area contributed by atoms with E-state index >= 15 is 0 Å². The molecule has 1 unspecified atom stereocenters. The van der Waals surface area contributed by atoms with Gasteiger partial charge in [-0.2, -0.15) is 0 Å². The Labute approximate surface area is 173 Å². The summed E-state index contributed by atoms with van der Waals surface area (Å²) >= 11 is 5.58. The maximum absolute atomic E-state index is 12.8. The number of ether oxygens (including phenoxy) is 1. The van der Waals surface area contributed by atoms with Gasteiger partial charge in [-0.3, -0.25) is 4.79 Å². The van der Waals surface area contributed by atoms with Gasteiger partial charge in [-0.25, -0.2) is 0 Å². The molecule has 1 N–H and O–H groups in total. The normalized spacial score (nSPS) is 12.0. The molecule has 1 atom stereocenters. The second-order valence-corrected chi connectivity index (χ2v) is 7.58. The first-order chi connectivity index (χ1) is 13.3. The lowest BCUT2D eigenvalue weighted by molar-refractivity contribution is 0.0905. The number of allylic oxidation sites excluding steroid dienone is 1. The average molecular weight is 397 g/mol. The lowest BCUT2D eigenvalue weighted by Gasteiger charge is -2.15. The van der Waals surface area contributed by atoms with Gasteiger partial charge in [-0.05, 0) is 61.0 Å². The Morgan fingerprint density at radius 3 is 2.39 bits per heavy atom. The number of hydrogen-bond donors (Lipinski definition) is 1. The molecule has 0 saturated heterocycles. The molecular weight excluding hydrogens is 368 g/mol. The molecule has 5 heteroatoms. The number of methoxy groups -OCH3 is 1. The molecule has 0 fully saturated rings. The van der Waals surface area contributed by atoms with Crippen molar-refractivity contribution >= 4 is 23.0 Å². The molecule has 4 nitrogen and oxygen atoms in total. The number of benzene rings is 2. The number of thiocarbonyl (C=S) groups is 1. The van der Waals surface area contributed by atoms with E-state index in [2.05, 4.69) is 36.5 Å². The van der Waals surface area contributed by atoms with Crippen molar-refractivity contribution in [3.05, 3.63) is 71.4 Å². The zero-order valence-corrected chi connectivity index (χ0v) is 18.0. The summed E-state index contributed by atoms with van der Waals surface area (Å²) in [6, 6.07) is 13.9. The molecule has 0 aromatic heterocycles.